The minimum atomic E-state index is -0.574. The lowest BCUT2D eigenvalue weighted by Crippen LogP contribution is -2.42. The summed E-state index contributed by atoms with van der Waals surface area (Å²) in [7, 11) is 3.08. The Morgan fingerprint density at radius 2 is 1.71 bits per heavy atom. The fraction of sp³-hybridized carbons (Fsp3) is 0.286. The van der Waals surface area contributed by atoms with Crippen molar-refractivity contribution < 1.29 is 33.5 Å². The summed E-state index contributed by atoms with van der Waals surface area (Å²) in [4.78, 5) is 38.3. The van der Waals surface area contributed by atoms with Gasteiger partial charge in [-0.2, -0.15) is 0 Å². The molecule has 1 atom stereocenters. The number of nitro benzene ring substituents is 1. The van der Waals surface area contributed by atoms with Crippen LogP contribution in [0, 0.1) is 10.1 Å². The van der Waals surface area contributed by atoms with Crippen molar-refractivity contribution in [2.75, 3.05) is 34.0 Å². The van der Waals surface area contributed by atoms with Crippen LogP contribution in [0.5, 0.6) is 17.2 Å². The van der Waals surface area contributed by atoms with E-state index in [1.165, 1.54) is 25.3 Å². The number of rotatable bonds is 9. The van der Waals surface area contributed by atoms with E-state index in [1.54, 1.807) is 49.3 Å². The van der Waals surface area contributed by atoms with Crippen molar-refractivity contribution in [2.24, 2.45) is 0 Å². The first-order chi connectivity index (χ1) is 18.4. The Morgan fingerprint density at radius 1 is 1.03 bits per heavy atom. The third kappa shape index (κ3) is 5.39. The van der Waals surface area contributed by atoms with E-state index in [-0.39, 0.29) is 24.5 Å². The second kappa shape index (κ2) is 11.6. The monoisotopic (exact) mass is 520 g/mol. The van der Waals surface area contributed by atoms with Crippen LogP contribution in [0.3, 0.4) is 0 Å². The van der Waals surface area contributed by atoms with Crippen molar-refractivity contribution in [3.05, 3.63) is 93.0 Å². The van der Waals surface area contributed by atoms with Gasteiger partial charge in [-0.25, -0.2) is 4.79 Å². The summed E-state index contributed by atoms with van der Waals surface area (Å²) in [6, 6.07) is 15.5. The predicted molar refractivity (Wildman–Crippen MR) is 138 cm³/mol. The Bertz CT molecular complexity index is 1340. The number of benzene rings is 3. The minimum Gasteiger partial charge on any atom is -0.493 e. The fourth-order valence-corrected chi connectivity index (χ4v) is 4.50. The van der Waals surface area contributed by atoms with Crippen LogP contribution in [0.1, 0.15) is 44.8 Å². The molecule has 0 aromatic heterocycles. The predicted octanol–water partition coefficient (Wildman–Crippen LogP) is 4.61. The number of hydrogen-bond acceptors (Lipinski definition) is 8. The van der Waals surface area contributed by atoms with Crippen LogP contribution in [0.25, 0.3) is 0 Å². The molecule has 10 nitrogen and oxygen atoms in total. The van der Waals surface area contributed by atoms with Crippen LogP contribution in [0.15, 0.2) is 60.7 Å². The number of nitro groups is 1. The molecular weight excluding hydrogens is 492 g/mol. The maximum Gasteiger partial charge on any atom is 0.338 e. The van der Waals surface area contributed by atoms with Gasteiger partial charge in [-0.1, -0.05) is 12.1 Å². The largest absolute Gasteiger partial charge is 0.493 e. The summed E-state index contributed by atoms with van der Waals surface area (Å²) in [6.07, 6.45) is 0.521. The molecule has 1 aliphatic heterocycles. The molecule has 198 valence electrons. The molecule has 10 heteroatoms. The molecule has 0 bridgehead atoms. The van der Waals surface area contributed by atoms with Gasteiger partial charge in [0, 0.05) is 12.6 Å². The summed E-state index contributed by atoms with van der Waals surface area (Å²) in [5.74, 6) is 0.657. The lowest BCUT2D eigenvalue weighted by Gasteiger charge is -2.37. The lowest BCUT2D eigenvalue weighted by atomic mass is 9.91. The fourth-order valence-electron chi connectivity index (χ4n) is 4.50. The van der Waals surface area contributed by atoms with E-state index in [1.807, 2.05) is 12.1 Å². The van der Waals surface area contributed by atoms with Crippen molar-refractivity contribution in [1.29, 1.82) is 0 Å². The highest BCUT2D eigenvalue weighted by Gasteiger charge is 2.35. The van der Waals surface area contributed by atoms with E-state index in [0.29, 0.717) is 35.8 Å². The van der Waals surface area contributed by atoms with Gasteiger partial charge >= 0.3 is 5.97 Å². The molecule has 0 saturated heterocycles. The number of hydrogen-bond donors (Lipinski definition) is 0. The van der Waals surface area contributed by atoms with Gasteiger partial charge in [0.2, 0.25) is 0 Å². The molecule has 0 aliphatic carbocycles. The molecule has 0 saturated carbocycles. The number of carbonyl (C=O) groups excluding carboxylic acids is 2. The van der Waals surface area contributed by atoms with E-state index < -0.39 is 22.8 Å². The first-order valence-electron chi connectivity index (χ1n) is 12.1. The van der Waals surface area contributed by atoms with E-state index in [4.69, 9.17) is 18.9 Å². The molecule has 0 spiro atoms. The number of methoxy groups -OCH3 is 2. The highest BCUT2D eigenvalue weighted by molar-refractivity contribution is 5.98. The normalized spacial score (nSPS) is 14.3. The number of carbonyl (C=O) groups is 2. The average Bonchev–Trinajstić information content (AvgIpc) is 2.94. The van der Waals surface area contributed by atoms with Crippen LogP contribution < -0.4 is 14.2 Å². The van der Waals surface area contributed by atoms with Gasteiger partial charge in [0.05, 0.1) is 37.4 Å². The second-order valence-corrected chi connectivity index (χ2v) is 8.50. The number of esters is 1. The van der Waals surface area contributed by atoms with Crippen LogP contribution in [0.2, 0.25) is 0 Å². The van der Waals surface area contributed by atoms with E-state index >= 15 is 0 Å². The van der Waals surface area contributed by atoms with Crippen LogP contribution >= 0.6 is 0 Å². The molecular formula is C28H28N2O8. The Labute approximate surface area is 219 Å². The molecule has 38 heavy (non-hydrogen) atoms. The molecule has 3 aromatic rings. The van der Waals surface area contributed by atoms with E-state index in [9.17, 15) is 19.7 Å². The number of amides is 1. The number of para-hydroxylation sites is 1. The molecule has 4 rings (SSSR count). The summed E-state index contributed by atoms with van der Waals surface area (Å²) in [5.41, 5.74) is 1.90. The zero-order valence-electron chi connectivity index (χ0n) is 21.3. The first-order valence-corrected chi connectivity index (χ1v) is 12.1. The van der Waals surface area contributed by atoms with Gasteiger partial charge in [0.15, 0.2) is 11.5 Å². The lowest BCUT2D eigenvalue weighted by molar-refractivity contribution is -0.385. The Morgan fingerprint density at radius 3 is 2.37 bits per heavy atom. The van der Waals surface area contributed by atoms with Gasteiger partial charge in [0.25, 0.3) is 11.6 Å². The van der Waals surface area contributed by atoms with Crippen molar-refractivity contribution in [3.8, 4) is 17.2 Å². The van der Waals surface area contributed by atoms with Gasteiger partial charge in [-0.3, -0.25) is 14.9 Å². The van der Waals surface area contributed by atoms with Gasteiger partial charge in [0.1, 0.15) is 17.9 Å². The zero-order valence-corrected chi connectivity index (χ0v) is 21.3. The molecule has 0 fully saturated rings. The van der Waals surface area contributed by atoms with Crippen LogP contribution in [-0.2, 0) is 11.2 Å². The maximum atomic E-state index is 13.7. The SMILES string of the molecule is CCOC(=O)c1ccc(OCC2c3cc(OC)c(OC)cc3CCN2C(=O)c2ccccc2[N+](=O)[O-])cc1. The Kier molecular flexibility index (Phi) is 8.10. The van der Waals surface area contributed by atoms with Crippen molar-refractivity contribution in [3.63, 3.8) is 0 Å². The number of nitrogens with zero attached hydrogens (tertiary/aromatic N) is 2. The first kappa shape index (κ1) is 26.5. The van der Waals surface area contributed by atoms with Crippen molar-refractivity contribution in [1.82, 2.24) is 4.90 Å². The Hall–Kier alpha value is -4.60. The smallest absolute Gasteiger partial charge is 0.338 e. The minimum absolute atomic E-state index is 0.00483. The molecule has 3 aromatic carbocycles. The van der Waals surface area contributed by atoms with Crippen molar-refractivity contribution >= 4 is 17.6 Å². The summed E-state index contributed by atoms with van der Waals surface area (Å²) in [6.45, 7) is 2.39. The highest BCUT2D eigenvalue weighted by atomic mass is 16.6. The van der Waals surface area contributed by atoms with Crippen LogP contribution in [0.4, 0.5) is 5.69 Å². The molecule has 1 unspecified atom stereocenters. The second-order valence-electron chi connectivity index (χ2n) is 8.50. The van der Waals surface area contributed by atoms with E-state index in [2.05, 4.69) is 0 Å². The third-order valence-corrected chi connectivity index (χ3v) is 6.37. The molecule has 0 radical (unpaired) electrons. The molecule has 0 N–H and O–H groups in total. The standard InChI is InChI=1S/C28H28N2O8/c1-4-37-28(32)18-9-11-20(12-10-18)38-17-24-22-16-26(36-3)25(35-2)15-19(22)13-14-29(24)27(31)21-7-5-6-8-23(21)30(33)34/h5-12,15-16,24H,4,13-14,17H2,1-3H3. The quantitative estimate of drug-likeness (QED) is 0.228. The molecule has 1 aliphatic rings. The zero-order chi connectivity index (χ0) is 27.2. The number of fused-ring (bicyclic) bond motifs is 1. The van der Waals surface area contributed by atoms with Crippen molar-refractivity contribution in [2.45, 2.75) is 19.4 Å². The molecule has 1 heterocycles. The van der Waals surface area contributed by atoms with Gasteiger partial charge in [-0.15, -0.1) is 0 Å². The third-order valence-electron chi connectivity index (χ3n) is 6.37. The summed E-state index contributed by atoms with van der Waals surface area (Å²) in [5, 5.41) is 11.6. The topological polar surface area (TPSA) is 117 Å². The highest BCUT2D eigenvalue weighted by Crippen LogP contribution is 2.39. The Balaban J connectivity index is 1.68. The average molecular weight is 521 g/mol. The maximum absolute atomic E-state index is 13.7. The molecule has 1 amide bonds. The summed E-state index contributed by atoms with van der Waals surface area (Å²) < 4.78 is 22.0. The summed E-state index contributed by atoms with van der Waals surface area (Å²) >= 11 is 0. The number of ether oxygens (including phenoxy) is 4. The van der Waals surface area contributed by atoms with E-state index in [0.717, 1.165) is 11.1 Å². The van der Waals surface area contributed by atoms with Gasteiger partial charge in [-0.05, 0) is 66.9 Å². The van der Waals surface area contributed by atoms with Crippen LogP contribution in [-0.4, -0.2) is 55.7 Å². The van der Waals surface area contributed by atoms with Gasteiger partial charge < -0.3 is 23.8 Å².